The fraction of sp³-hybridized carbons (Fsp3) is 0.538. The van der Waals surface area contributed by atoms with Crippen LogP contribution in [0.4, 0.5) is 0 Å². The standard InChI is InChI=1S/C39H50O23/c1-53-20-10-17(4-7-19(20)43)5-8-26(44)56-15-25-30(48)35(60-37-33(51)32(50)29(47)23(13-40)57-37)34(52)38(58-25)62-39(16-42)36(31(49)24(14-41)61-39)59-27(45)9-6-18-11-21(54-2)28(46)22(12-18)55-3/h4-12,23-25,29-38,40-43,46-52H,13-16H2,1-3H3/b8-5-,9-6+/t23-,24+,25-,29+,30-,31-,32-,33-,34-,35+,36+,37+,38-,39+/m1/s1. The third-order valence-electron chi connectivity index (χ3n) is 10.1. The molecule has 3 heterocycles. The van der Waals surface area contributed by atoms with Gasteiger partial charge in [-0.05, 0) is 47.5 Å². The first-order chi connectivity index (χ1) is 29.5. The Morgan fingerprint density at radius 2 is 1.27 bits per heavy atom. The Balaban J connectivity index is 1.41. The molecule has 3 aliphatic rings. The second kappa shape index (κ2) is 21.1. The van der Waals surface area contributed by atoms with Gasteiger partial charge in [0.2, 0.25) is 11.5 Å². The van der Waals surface area contributed by atoms with E-state index in [2.05, 4.69) is 0 Å². The molecule has 11 N–H and O–H groups in total. The molecule has 62 heavy (non-hydrogen) atoms. The first-order valence-corrected chi connectivity index (χ1v) is 18.8. The molecule has 3 aliphatic heterocycles. The Bertz CT molecular complexity index is 1860. The average molecular weight is 887 g/mol. The monoisotopic (exact) mass is 886 g/mol. The van der Waals surface area contributed by atoms with E-state index in [1.165, 1.54) is 63.8 Å². The number of hydrogen-bond donors (Lipinski definition) is 11. The Kier molecular flexibility index (Phi) is 16.5. The minimum Gasteiger partial charge on any atom is -0.504 e. The van der Waals surface area contributed by atoms with Gasteiger partial charge in [-0.15, -0.1) is 0 Å². The number of esters is 2. The number of phenols is 2. The van der Waals surface area contributed by atoms with Gasteiger partial charge in [-0.3, -0.25) is 0 Å². The molecule has 2 aromatic carbocycles. The third kappa shape index (κ3) is 10.6. The molecule has 23 heteroatoms. The van der Waals surface area contributed by atoms with E-state index in [0.29, 0.717) is 5.56 Å². The van der Waals surface area contributed by atoms with Gasteiger partial charge in [0.25, 0.3) is 0 Å². The van der Waals surface area contributed by atoms with Crippen molar-refractivity contribution in [3.8, 4) is 28.7 Å². The largest absolute Gasteiger partial charge is 0.504 e. The van der Waals surface area contributed by atoms with Crippen LogP contribution in [0.5, 0.6) is 28.7 Å². The fourth-order valence-corrected chi connectivity index (χ4v) is 6.75. The lowest BCUT2D eigenvalue weighted by molar-refractivity contribution is -0.399. The van der Waals surface area contributed by atoms with Gasteiger partial charge in [0.05, 0.1) is 34.5 Å². The van der Waals surface area contributed by atoms with Crippen LogP contribution in [0, 0.1) is 0 Å². The molecule has 2 aromatic rings. The van der Waals surface area contributed by atoms with Gasteiger partial charge in [-0.1, -0.05) is 6.07 Å². The zero-order chi connectivity index (χ0) is 45.5. The highest BCUT2D eigenvalue weighted by atomic mass is 16.8. The molecule has 0 amide bonds. The summed E-state index contributed by atoms with van der Waals surface area (Å²) >= 11 is 0. The summed E-state index contributed by atoms with van der Waals surface area (Å²) in [5.41, 5.74) is 0.691. The van der Waals surface area contributed by atoms with Crippen LogP contribution >= 0.6 is 0 Å². The number of benzene rings is 2. The molecule has 0 bridgehead atoms. The average Bonchev–Trinajstić information content (AvgIpc) is 3.53. The normalized spacial score (nSPS) is 33.7. The minimum atomic E-state index is -2.65. The molecule has 5 rings (SSSR count). The number of hydrogen-bond acceptors (Lipinski definition) is 23. The number of aliphatic hydroxyl groups excluding tert-OH is 9. The van der Waals surface area contributed by atoms with Crippen molar-refractivity contribution in [2.24, 2.45) is 0 Å². The molecule has 344 valence electrons. The Morgan fingerprint density at radius 3 is 1.89 bits per heavy atom. The zero-order valence-electron chi connectivity index (χ0n) is 33.3. The number of methoxy groups -OCH3 is 3. The lowest BCUT2D eigenvalue weighted by Gasteiger charge is -2.47. The Morgan fingerprint density at radius 1 is 0.677 bits per heavy atom. The number of carbonyl (C=O) groups excluding carboxylic acids is 2. The molecular formula is C39H50O23. The molecule has 0 unspecified atom stereocenters. The second-order valence-electron chi connectivity index (χ2n) is 14.1. The van der Waals surface area contributed by atoms with E-state index in [9.17, 15) is 65.8 Å². The van der Waals surface area contributed by atoms with Crippen molar-refractivity contribution in [3.63, 3.8) is 0 Å². The molecule has 0 aliphatic carbocycles. The van der Waals surface area contributed by atoms with Crippen LogP contribution in [-0.4, -0.2) is 201 Å². The van der Waals surface area contributed by atoms with Crippen LogP contribution in [-0.2, 0) is 42.7 Å². The number of ether oxygens (including phenoxy) is 10. The molecule has 3 fully saturated rings. The molecule has 0 radical (unpaired) electrons. The molecule has 14 atom stereocenters. The van der Waals surface area contributed by atoms with E-state index in [-0.39, 0.29) is 34.3 Å². The van der Waals surface area contributed by atoms with Crippen molar-refractivity contribution in [1.29, 1.82) is 0 Å². The maximum Gasteiger partial charge on any atom is 0.331 e. The predicted octanol–water partition coefficient (Wildman–Crippen LogP) is -3.61. The zero-order valence-corrected chi connectivity index (χ0v) is 33.3. The van der Waals surface area contributed by atoms with Crippen LogP contribution in [0.3, 0.4) is 0 Å². The Hall–Kier alpha value is -4.70. The highest BCUT2D eigenvalue weighted by molar-refractivity contribution is 5.88. The number of phenolic OH excluding ortho intramolecular Hbond substituents is 2. The van der Waals surface area contributed by atoms with Gasteiger partial charge in [0.1, 0.15) is 74.3 Å². The van der Waals surface area contributed by atoms with Gasteiger partial charge in [-0.25, -0.2) is 9.59 Å². The van der Waals surface area contributed by atoms with E-state index < -0.39 is 124 Å². The van der Waals surface area contributed by atoms with E-state index in [1.807, 2.05) is 0 Å². The van der Waals surface area contributed by atoms with Crippen LogP contribution in [0.2, 0.25) is 0 Å². The van der Waals surface area contributed by atoms with Gasteiger partial charge in [0, 0.05) is 12.2 Å². The summed E-state index contributed by atoms with van der Waals surface area (Å²) in [6.45, 7) is -3.85. The second-order valence-corrected chi connectivity index (χ2v) is 14.1. The summed E-state index contributed by atoms with van der Waals surface area (Å²) in [7, 11) is 3.89. The lowest BCUT2D eigenvalue weighted by atomic mass is 9.96. The molecule has 0 saturated carbocycles. The van der Waals surface area contributed by atoms with Crippen LogP contribution in [0.15, 0.2) is 42.5 Å². The van der Waals surface area contributed by atoms with Gasteiger partial charge < -0.3 is 104 Å². The predicted molar refractivity (Wildman–Crippen MR) is 203 cm³/mol. The number of aliphatic hydroxyl groups is 9. The Labute approximate surface area is 352 Å². The van der Waals surface area contributed by atoms with Crippen LogP contribution in [0.1, 0.15) is 11.1 Å². The first-order valence-electron chi connectivity index (χ1n) is 18.8. The van der Waals surface area contributed by atoms with E-state index in [1.54, 1.807) is 0 Å². The molecule has 0 spiro atoms. The van der Waals surface area contributed by atoms with Crippen LogP contribution in [0.25, 0.3) is 12.2 Å². The highest BCUT2D eigenvalue weighted by Crippen LogP contribution is 2.40. The molecular weight excluding hydrogens is 836 g/mol. The van der Waals surface area contributed by atoms with Gasteiger partial charge in [-0.2, -0.15) is 0 Å². The quantitative estimate of drug-likeness (QED) is 0.0540. The smallest absolute Gasteiger partial charge is 0.331 e. The number of rotatable bonds is 17. The fourth-order valence-electron chi connectivity index (χ4n) is 6.75. The van der Waals surface area contributed by atoms with E-state index in [0.717, 1.165) is 12.2 Å². The highest BCUT2D eigenvalue weighted by Gasteiger charge is 2.61. The lowest BCUT2D eigenvalue weighted by Crippen LogP contribution is -2.66. The van der Waals surface area contributed by atoms with Gasteiger partial charge >= 0.3 is 11.9 Å². The molecule has 3 saturated heterocycles. The maximum atomic E-state index is 13.2. The maximum absolute atomic E-state index is 13.2. The van der Waals surface area contributed by atoms with Crippen molar-refractivity contribution >= 4 is 24.1 Å². The van der Waals surface area contributed by atoms with Crippen LogP contribution < -0.4 is 14.2 Å². The van der Waals surface area contributed by atoms with Crippen molar-refractivity contribution in [2.45, 2.75) is 85.5 Å². The number of aromatic hydroxyl groups is 2. The SMILES string of the molecule is COc1cc(/C=C\C(=O)OC[C@H]2O[C@H](O[C@]3(CO)O[C@@H](CO)[C@@H](O)[C@@H]3OC(=O)/C=C/c3cc(OC)c(O)c(OC)c3)[C@H](O)[C@@H](O[C@@H]3O[C@H](CO)[C@H](O)[C@@H](O)[C@H]3O)[C@@H]2O)ccc1O. The summed E-state index contributed by atoms with van der Waals surface area (Å²) < 4.78 is 54.5. The minimum absolute atomic E-state index is 0.000105. The van der Waals surface area contributed by atoms with Gasteiger partial charge in [0.15, 0.2) is 41.7 Å². The van der Waals surface area contributed by atoms with Crippen molar-refractivity contribution < 1.29 is 113 Å². The molecule has 0 aromatic heterocycles. The van der Waals surface area contributed by atoms with Crippen molar-refractivity contribution in [1.82, 2.24) is 0 Å². The van der Waals surface area contributed by atoms with Crippen molar-refractivity contribution in [2.75, 3.05) is 47.8 Å². The first kappa shape index (κ1) is 48.3. The topological polar surface area (TPSA) is 349 Å². The summed E-state index contributed by atoms with van der Waals surface area (Å²) in [6, 6.07) is 6.92. The van der Waals surface area contributed by atoms with Crippen molar-refractivity contribution in [3.05, 3.63) is 53.6 Å². The third-order valence-corrected chi connectivity index (χ3v) is 10.1. The summed E-state index contributed by atoms with van der Waals surface area (Å²) in [5.74, 6) is -5.17. The molecule has 23 nitrogen and oxygen atoms in total. The van der Waals surface area contributed by atoms with E-state index >= 15 is 0 Å². The summed E-state index contributed by atoms with van der Waals surface area (Å²) in [5, 5.41) is 116. The summed E-state index contributed by atoms with van der Waals surface area (Å²) in [6.07, 6.45) is -20.3. The summed E-state index contributed by atoms with van der Waals surface area (Å²) in [4.78, 5) is 26.0. The number of carbonyl (C=O) groups is 2. The van der Waals surface area contributed by atoms with E-state index in [4.69, 9.17) is 47.4 Å².